The molecular formula is C16H20ClNO5. The molecule has 1 saturated heterocycles. The molecule has 126 valence electrons. The fourth-order valence-electron chi connectivity index (χ4n) is 2.37. The fourth-order valence-corrected chi connectivity index (χ4v) is 2.55. The van der Waals surface area contributed by atoms with Gasteiger partial charge in [-0.25, -0.2) is 9.59 Å². The van der Waals surface area contributed by atoms with Crippen molar-refractivity contribution in [3.05, 3.63) is 29.3 Å². The van der Waals surface area contributed by atoms with E-state index in [0.29, 0.717) is 10.8 Å². The van der Waals surface area contributed by atoms with Gasteiger partial charge in [-0.3, -0.25) is 4.90 Å². The van der Waals surface area contributed by atoms with Crippen molar-refractivity contribution < 1.29 is 24.2 Å². The molecule has 0 radical (unpaired) electrons. The monoisotopic (exact) mass is 341 g/mol. The molecule has 7 heteroatoms. The van der Waals surface area contributed by atoms with Gasteiger partial charge in [0, 0.05) is 11.4 Å². The molecule has 0 bridgehead atoms. The number of carbonyl (C=O) groups is 2. The minimum absolute atomic E-state index is 0.151. The number of rotatable bonds is 3. The van der Waals surface area contributed by atoms with Crippen LogP contribution in [-0.2, 0) is 9.53 Å². The third-order valence-electron chi connectivity index (χ3n) is 3.27. The highest BCUT2D eigenvalue weighted by atomic mass is 35.5. The summed E-state index contributed by atoms with van der Waals surface area (Å²) in [5.41, 5.74) is -0.688. The molecule has 1 N–H and O–H groups in total. The van der Waals surface area contributed by atoms with Crippen LogP contribution in [0.2, 0.25) is 5.02 Å². The first kappa shape index (κ1) is 17.4. The van der Waals surface area contributed by atoms with Gasteiger partial charge in [0.1, 0.15) is 23.5 Å². The van der Waals surface area contributed by atoms with Gasteiger partial charge in [-0.2, -0.15) is 0 Å². The Hall–Kier alpha value is -1.95. The summed E-state index contributed by atoms with van der Waals surface area (Å²) in [5, 5.41) is 9.86. The summed E-state index contributed by atoms with van der Waals surface area (Å²) in [7, 11) is 0. The van der Waals surface area contributed by atoms with Crippen molar-refractivity contribution in [3.8, 4) is 5.75 Å². The summed E-state index contributed by atoms with van der Waals surface area (Å²) in [4.78, 5) is 24.8. The molecule has 2 atom stereocenters. The van der Waals surface area contributed by atoms with E-state index in [1.165, 1.54) is 4.90 Å². The summed E-state index contributed by atoms with van der Waals surface area (Å²) < 4.78 is 11.0. The van der Waals surface area contributed by atoms with Gasteiger partial charge >= 0.3 is 12.1 Å². The van der Waals surface area contributed by atoms with Crippen molar-refractivity contribution in [2.24, 2.45) is 0 Å². The number of halogens is 1. The van der Waals surface area contributed by atoms with Crippen molar-refractivity contribution in [2.75, 3.05) is 6.54 Å². The molecule has 1 aromatic carbocycles. The maximum atomic E-state index is 12.2. The molecule has 23 heavy (non-hydrogen) atoms. The number of carboxylic acids is 1. The predicted molar refractivity (Wildman–Crippen MR) is 84.8 cm³/mol. The Kier molecular flexibility index (Phi) is 5.04. The van der Waals surface area contributed by atoms with Gasteiger partial charge in [0.2, 0.25) is 0 Å². The Labute approximate surface area is 139 Å². The second-order valence-corrected chi connectivity index (χ2v) is 6.86. The number of hydrogen-bond donors (Lipinski definition) is 1. The Bertz CT molecular complexity index is 598. The van der Waals surface area contributed by atoms with Crippen molar-refractivity contribution in [2.45, 2.75) is 44.9 Å². The largest absolute Gasteiger partial charge is 0.488 e. The molecule has 1 aliphatic rings. The summed E-state index contributed by atoms with van der Waals surface area (Å²) in [6, 6.07) is 5.88. The average Bonchev–Trinajstić information content (AvgIpc) is 2.81. The van der Waals surface area contributed by atoms with Crippen LogP contribution in [0.1, 0.15) is 27.2 Å². The molecule has 1 amide bonds. The topological polar surface area (TPSA) is 76.1 Å². The standard InChI is InChI=1S/C16H20ClNO5/c1-16(2,3)23-15(21)18-9-12(8-13(18)14(19)20)22-11-6-4-5-10(17)7-11/h4-7,12-13H,8-9H2,1-3H3,(H,19,20)/t12?,13-/m0/s1. The number of carboxylic acid groups (broad SMARTS) is 1. The van der Waals surface area contributed by atoms with Gasteiger partial charge < -0.3 is 14.6 Å². The van der Waals surface area contributed by atoms with Crippen LogP contribution < -0.4 is 4.74 Å². The molecule has 0 aliphatic carbocycles. The van der Waals surface area contributed by atoms with Crippen molar-refractivity contribution in [3.63, 3.8) is 0 Å². The van der Waals surface area contributed by atoms with Gasteiger partial charge in [-0.05, 0) is 39.0 Å². The molecule has 0 saturated carbocycles. The third kappa shape index (κ3) is 4.76. The number of likely N-dealkylation sites (tertiary alicyclic amines) is 1. The second-order valence-electron chi connectivity index (χ2n) is 6.42. The summed E-state index contributed by atoms with van der Waals surface area (Å²) in [6.07, 6.45) is -0.884. The van der Waals surface area contributed by atoms with Crippen LogP contribution in [-0.4, -0.2) is 46.4 Å². The van der Waals surface area contributed by atoms with E-state index in [4.69, 9.17) is 21.1 Å². The van der Waals surface area contributed by atoms with E-state index in [0.717, 1.165) is 0 Å². The van der Waals surface area contributed by atoms with Crippen LogP contribution in [0.3, 0.4) is 0 Å². The number of benzene rings is 1. The highest BCUT2D eigenvalue weighted by Crippen LogP contribution is 2.26. The Balaban J connectivity index is 2.08. The summed E-state index contributed by atoms with van der Waals surface area (Å²) >= 11 is 5.90. The minimum atomic E-state index is -1.08. The molecule has 1 aliphatic heterocycles. The van der Waals surface area contributed by atoms with Crippen LogP contribution in [0.25, 0.3) is 0 Å². The average molecular weight is 342 g/mol. The van der Waals surface area contributed by atoms with Crippen LogP contribution in [0, 0.1) is 0 Å². The molecule has 2 rings (SSSR count). The number of nitrogens with zero attached hydrogens (tertiary/aromatic N) is 1. The second kappa shape index (κ2) is 6.66. The molecule has 0 spiro atoms. The molecule has 1 heterocycles. The number of hydrogen-bond acceptors (Lipinski definition) is 4. The van der Waals surface area contributed by atoms with Gasteiger partial charge in [0.05, 0.1) is 6.54 Å². The van der Waals surface area contributed by atoms with Crippen molar-refractivity contribution >= 4 is 23.7 Å². The van der Waals surface area contributed by atoms with Crippen LogP contribution in [0.4, 0.5) is 4.79 Å². The Morgan fingerprint density at radius 1 is 1.35 bits per heavy atom. The van der Waals surface area contributed by atoms with Gasteiger partial charge in [-0.15, -0.1) is 0 Å². The normalized spacial score (nSPS) is 21.1. The number of aliphatic carboxylic acids is 1. The number of amides is 1. The maximum Gasteiger partial charge on any atom is 0.411 e. The highest BCUT2D eigenvalue weighted by Gasteiger charge is 2.42. The lowest BCUT2D eigenvalue weighted by atomic mass is 10.2. The fraction of sp³-hybridized carbons (Fsp3) is 0.500. The Morgan fingerprint density at radius 2 is 2.04 bits per heavy atom. The third-order valence-corrected chi connectivity index (χ3v) is 3.51. The first-order valence-electron chi connectivity index (χ1n) is 7.30. The van der Waals surface area contributed by atoms with E-state index in [2.05, 4.69) is 0 Å². The van der Waals surface area contributed by atoms with Gasteiger partial charge in [0.15, 0.2) is 0 Å². The number of carbonyl (C=O) groups excluding carboxylic acids is 1. The first-order valence-corrected chi connectivity index (χ1v) is 7.68. The quantitative estimate of drug-likeness (QED) is 0.913. The van der Waals surface area contributed by atoms with Crippen molar-refractivity contribution in [1.82, 2.24) is 4.90 Å². The zero-order valence-corrected chi connectivity index (χ0v) is 14.0. The SMILES string of the molecule is CC(C)(C)OC(=O)N1CC(Oc2cccc(Cl)c2)C[C@H]1C(=O)O. The van der Waals surface area contributed by atoms with Gasteiger partial charge in [-0.1, -0.05) is 17.7 Å². The smallest absolute Gasteiger partial charge is 0.411 e. The van der Waals surface area contributed by atoms with Crippen molar-refractivity contribution in [1.29, 1.82) is 0 Å². The lowest BCUT2D eigenvalue weighted by Gasteiger charge is -2.26. The van der Waals surface area contributed by atoms with E-state index in [9.17, 15) is 14.7 Å². The first-order chi connectivity index (χ1) is 10.7. The summed E-state index contributed by atoms with van der Waals surface area (Å²) in [5.74, 6) is -0.536. The maximum absolute atomic E-state index is 12.2. The lowest BCUT2D eigenvalue weighted by Crippen LogP contribution is -2.43. The van der Waals surface area contributed by atoms with Crippen LogP contribution in [0.5, 0.6) is 5.75 Å². The summed E-state index contributed by atoms with van der Waals surface area (Å²) in [6.45, 7) is 5.35. The molecule has 1 unspecified atom stereocenters. The van der Waals surface area contributed by atoms with E-state index in [1.807, 2.05) is 0 Å². The zero-order chi connectivity index (χ0) is 17.2. The highest BCUT2D eigenvalue weighted by molar-refractivity contribution is 6.30. The lowest BCUT2D eigenvalue weighted by molar-refractivity contribution is -0.142. The van der Waals surface area contributed by atoms with Gasteiger partial charge in [0.25, 0.3) is 0 Å². The van der Waals surface area contributed by atoms with Crippen LogP contribution in [0.15, 0.2) is 24.3 Å². The zero-order valence-electron chi connectivity index (χ0n) is 13.3. The predicted octanol–water partition coefficient (Wildman–Crippen LogP) is 3.18. The molecule has 1 fully saturated rings. The van der Waals surface area contributed by atoms with E-state index in [1.54, 1.807) is 45.0 Å². The molecular weight excluding hydrogens is 322 g/mol. The van der Waals surface area contributed by atoms with Crippen LogP contribution >= 0.6 is 11.6 Å². The molecule has 6 nitrogen and oxygen atoms in total. The molecule has 1 aromatic rings. The van der Waals surface area contributed by atoms with E-state index >= 15 is 0 Å². The Morgan fingerprint density at radius 3 is 2.61 bits per heavy atom. The molecule has 0 aromatic heterocycles. The number of ether oxygens (including phenoxy) is 2. The van der Waals surface area contributed by atoms with E-state index in [-0.39, 0.29) is 13.0 Å². The minimum Gasteiger partial charge on any atom is -0.488 e. The van der Waals surface area contributed by atoms with E-state index < -0.39 is 29.8 Å².